The van der Waals surface area contributed by atoms with Crippen LogP contribution in [-0.4, -0.2) is 53.5 Å². The first-order valence-corrected chi connectivity index (χ1v) is 13.5. The van der Waals surface area contributed by atoms with E-state index in [1.165, 1.54) is 12.8 Å². The van der Waals surface area contributed by atoms with Crippen molar-refractivity contribution < 1.29 is 31.2 Å². The van der Waals surface area contributed by atoms with Gasteiger partial charge in [-0.25, -0.2) is 0 Å². The fourth-order valence-electron chi connectivity index (χ4n) is 6.76. The Hall–Kier alpha value is -2.24. The van der Waals surface area contributed by atoms with Crippen LogP contribution in [0.25, 0.3) is 0 Å². The van der Waals surface area contributed by atoms with E-state index in [2.05, 4.69) is 17.1 Å². The van der Waals surface area contributed by atoms with E-state index >= 15 is 0 Å². The summed E-state index contributed by atoms with van der Waals surface area (Å²) in [6.07, 6.45) is 10.4. The zero-order valence-corrected chi connectivity index (χ0v) is 22.2. The van der Waals surface area contributed by atoms with E-state index in [-0.39, 0.29) is 30.3 Å². The molecule has 6 rings (SSSR count). The van der Waals surface area contributed by atoms with Crippen LogP contribution in [0.4, 0.5) is 0 Å². The van der Waals surface area contributed by atoms with Crippen molar-refractivity contribution in [1.82, 2.24) is 4.98 Å². The largest absolute Gasteiger partial charge is 1.00 e. The molecule has 1 aromatic carbocycles. The molecule has 3 saturated heterocycles. The number of ketones is 1. The van der Waals surface area contributed by atoms with Crippen molar-refractivity contribution in [3.05, 3.63) is 65.5 Å². The average molecular weight is 511 g/mol. The molecule has 194 valence electrons. The zero-order valence-electron chi connectivity index (χ0n) is 21.5. The maximum atomic E-state index is 13.9. The summed E-state index contributed by atoms with van der Waals surface area (Å²) >= 11 is 0. The summed E-state index contributed by atoms with van der Waals surface area (Å²) < 4.78 is 7.20. The van der Waals surface area contributed by atoms with E-state index < -0.39 is 5.41 Å². The maximum absolute atomic E-state index is 13.9. The number of halogens is 1. The molecule has 4 aliphatic rings. The molecule has 4 heterocycles. The number of pyridine rings is 1. The topological polar surface area (TPSA) is 56.3 Å². The number of aryl methyl sites for hydroxylation is 1. The SMILES string of the molecule is Cc1ccc(CC(=O)C[N+]23CCC(CC2)[C@@H](OC(=O)C2(c4ccccc4)CCCCCC2)C3)nc1.[Cl-]. The van der Waals surface area contributed by atoms with Crippen molar-refractivity contribution in [1.29, 1.82) is 0 Å². The van der Waals surface area contributed by atoms with Crippen LogP contribution in [-0.2, 0) is 26.2 Å². The molecule has 0 radical (unpaired) electrons. The number of fused-ring (bicyclic) bond motifs is 3. The van der Waals surface area contributed by atoms with Gasteiger partial charge in [0.2, 0.25) is 0 Å². The Morgan fingerprint density at radius 3 is 2.33 bits per heavy atom. The number of nitrogens with zero attached hydrogens (tertiary/aromatic N) is 2. The van der Waals surface area contributed by atoms with Gasteiger partial charge in [0.25, 0.3) is 0 Å². The third-order valence-corrected chi connectivity index (χ3v) is 8.84. The molecule has 1 saturated carbocycles. The lowest BCUT2D eigenvalue weighted by Gasteiger charge is -2.52. The van der Waals surface area contributed by atoms with Gasteiger partial charge in [-0.2, -0.15) is 0 Å². The van der Waals surface area contributed by atoms with Crippen molar-refractivity contribution in [3.8, 4) is 0 Å². The molecule has 5 nitrogen and oxygen atoms in total. The highest BCUT2D eigenvalue weighted by Gasteiger charge is 2.50. The molecule has 1 aliphatic carbocycles. The number of piperidine rings is 3. The highest BCUT2D eigenvalue weighted by molar-refractivity contribution is 5.83. The van der Waals surface area contributed by atoms with Gasteiger partial charge in [-0.1, -0.05) is 62.1 Å². The first-order valence-electron chi connectivity index (χ1n) is 13.5. The van der Waals surface area contributed by atoms with E-state index in [0.29, 0.717) is 18.9 Å². The van der Waals surface area contributed by atoms with Gasteiger partial charge in [0, 0.05) is 30.7 Å². The second kappa shape index (κ2) is 11.4. The number of carbonyl (C=O) groups excluding carboxylic acids is 2. The van der Waals surface area contributed by atoms with Gasteiger partial charge in [-0.15, -0.1) is 0 Å². The number of aromatic nitrogens is 1. The molecule has 0 unspecified atom stereocenters. The summed E-state index contributed by atoms with van der Waals surface area (Å²) in [5, 5.41) is 0. The molecule has 2 bridgehead atoms. The van der Waals surface area contributed by atoms with Crippen LogP contribution in [0.15, 0.2) is 48.7 Å². The van der Waals surface area contributed by atoms with Crippen molar-refractivity contribution in [2.45, 2.75) is 76.2 Å². The molecule has 4 fully saturated rings. The zero-order chi connectivity index (χ0) is 24.3. The summed E-state index contributed by atoms with van der Waals surface area (Å²) in [4.78, 5) is 31.4. The minimum Gasteiger partial charge on any atom is -1.00 e. The van der Waals surface area contributed by atoms with E-state index in [1.807, 2.05) is 43.5 Å². The Balaban J connectivity index is 0.00000304. The monoisotopic (exact) mass is 510 g/mol. The van der Waals surface area contributed by atoms with E-state index in [4.69, 9.17) is 4.74 Å². The molecule has 0 N–H and O–H groups in total. The van der Waals surface area contributed by atoms with Gasteiger partial charge in [-0.05, 0) is 37.0 Å². The number of Topliss-reactive ketones (excluding diaryl/α,β-unsaturated/α-hetero) is 1. The summed E-state index contributed by atoms with van der Waals surface area (Å²) in [6.45, 7) is 5.31. The van der Waals surface area contributed by atoms with Crippen LogP contribution < -0.4 is 12.4 Å². The van der Waals surface area contributed by atoms with Crippen molar-refractivity contribution in [2.75, 3.05) is 26.2 Å². The number of rotatable bonds is 7. The number of hydrogen-bond donors (Lipinski definition) is 0. The molecule has 1 aromatic heterocycles. The van der Waals surface area contributed by atoms with E-state index in [1.54, 1.807) is 0 Å². The number of ether oxygens (including phenoxy) is 1. The Bertz CT molecular complexity index is 1020. The predicted octanol–water partition coefficient (Wildman–Crippen LogP) is 1.95. The molecular formula is C30H39ClN2O3. The molecule has 6 heteroatoms. The normalized spacial score (nSPS) is 26.9. The summed E-state index contributed by atoms with van der Waals surface area (Å²) in [5.74, 6) is 0.625. The van der Waals surface area contributed by atoms with Crippen molar-refractivity contribution in [3.63, 3.8) is 0 Å². The molecule has 1 atom stereocenters. The third-order valence-electron chi connectivity index (χ3n) is 8.84. The lowest BCUT2D eigenvalue weighted by molar-refractivity contribution is -0.939. The molecule has 0 spiro atoms. The molecule has 36 heavy (non-hydrogen) atoms. The van der Waals surface area contributed by atoms with Gasteiger partial charge in [0.15, 0.2) is 11.9 Å². The van der Waals surface area contributed by atoms with Gasteiger partial charge in [-0.3, -0.25) is 14.6 Å². The number of benzene rings is 1. The minimum absolute atomic E-state index is 0. The van der Waals surface area contributed by atoms with Crippen LogP contribution in [0.5, 0.6) is 0 Å². The summed E-state index contributed by atoms with van der Waals surface area (Å²) in [6, 6.07) is 14.3. The Morgan fingerprint density at radius 2 is 1.69 bits per heavy atom. The van der Waals surface area contributed by atoms with Crippen molar-refractivity contribution in [2.24, 2.45) is 5.92 Å². The Morgan fingerprint density at radius 1 is 1.00 bits per heavy atom. The second-order valence-electron chi connectivity index (χ2n) is 11.3. The number of esters is 1. The minimum atomic E-state index is -0.526. The average Bonchev–Trinajstić information content (AvgIpc) is 3.14. The van der Waals surface area contributed by atoms with Gasteiger partial charge in [0.05, 0.1) is 24.9 Å². The van der Waals surface area contributed by atoms with Crippen LogP contribution in [0.3, 0.4) is 0 Å². The molecule has 0 amide bonds. The summed E-state index contributed by atoms with van der Waals surface area (Å²) in [5.41, 5.74) is 2.53. The van der Waals surface area contributed by atoms with Gasteiger partial charge in [0.1, 0.15) is 13.1 Å². The van der Waals surface area contributed by atoms with E-state index in [0.717, 1.165) is 79.5 Å². The fourth-order valence-corrected chi connectivity index (χ4v) is 6.76. The highest BCUT2D eigenvalue weighted by Crippen LogP contribution is 2.42. The first-order chi connectivity index (χ1) is 17.0. The second-order valence-corrected chi connectivity index (χ2v) is 11.3. The van der Waals surface area contributed by atoms with E-state index in [9.17, 15) is 9.59 Å². The van der Waals surface area contributed by atoms with Crippen LogP contribution in [0, 0.1) is 12.8 Å². The number of quaternary nitrogens is 1. The maximum Gasteiger partial charge on any atom is 0.317 e. The summed E-state index contributed by atoms with van der Waals surface area (Å²) in [7, 11) is 0. The molecule has 2 aromatic rings. The van der Waals surface area contributed by atoms with Crippen molar-refractivity contribution >= 4 is 11.8 Å². The van der Waals surface area contributed by atoms with Gasteiger partial charge >= 0.3 is 5.97 Å². The molecule has 3 aliphatic heterocycles. The fraction of sp³-hybridized carbons (Fsp3) is 0.567. The first kappa shape index (κ1) is 26.8. The lowest BCUT2D eigenvalue weighted by atomic mass is 9.74. The smallest absolute Gasteiger partial charge is 0.317 e. The number of hydrogen-bond acceptors (Lipinski definition) is 4. The third kappa shape index (κ3) is 5.68. The lowest BCUT2D eigenvalue weighted by Crippen LogP contribution is -3.00. The number of carbonyl (C=O) groups is 2. The highest BCUT2D eigenvalue weighted by atomic mass is 35.5. The standard InChI is InChI=1S/C30H39N2O3.ClH/c1-23-11-12-26(31-20-23)19-27(33)21-32-17-13-24(14-18-32)28(22-32)35-29(34)30(15-7-2-3-8-16-30)25-9-5-4-6-10-25;/h4-6,9-12,20,24,28H,2-3,7-8,13-19,21-22H2,1H3;1H/q+1;/p-1/t24?,28-,32?;/m0./s1. The Kier molecular flexibility index (Phi) is 8.52. The predicted molar refractivity (Wildman–Crippen MR) is 136 cm³/mol. The quantitative estimate of drug-likeness (QED) is 0.324. The van der Waals surface area contributed by atoms with Gasteiger partial charge < -0.3 is 21.6 Å². The molecular weight excluding hydrogens is 472 g/mol. The van der Waals surface area contributed by atoms with Crippen LogP contribution in [0.2, 0.25) is 0 Å². The Labute approximate surface area is 221 Å². The van der Waals surface area contributed by atoms with Crippen LogP contribution >= 0.6 is 0 Å². The van der Waals surface area contributed by atoms with Crippen LogP contribution in [0.1, 0.15) is 68.2 Å².